The molecular weight excluding hydrogens is 240 g/mol. The Balaban J connectivity index is 2.36. The van der Waals surface area contributed by atoms with Crippen LogP contribution in [0.5, 0.6) is 0 Å². The number of rotatable bonds is 8. The molecule has 1 saturated carbocycles. The number of carboxylic acid groups (broad SMARTS) is 2. The van der Waals surface area contributed by atoms with Crippen LogP contribution in [0.1, 0.15) is 32.1 Å². The Hall–Kier alpha value is -1.63. The summed E-state index contributed by atoms with van der Waals surface area (Å²) in [7, 11) is 0. The van der Waals surface area contributed by atoms with Crippen molar-refractivity contribution < 1.29 is 24.6 Å². The van der Waals surface area contributed by atoms with Gasteiger partial charge in [-0.25, -0.2) is 4.79 Å². The van der Waals surface area contributed by atoms with Crippen molar-refractivity contribution in [2.24, 2.45) is 11.7 Å². The summed E-state index contributed by atoms with van der Waals surface area (Å²) in [5.41, 5.74) is 5.75. The predicted molar refractivity (Wildman–Crippen MR) is 61.8 cm³/mol. The molecular formula is C11H18N2O5. The molecule has 7 heteroatoms. The molecule has 0 spiro atoms. The maximum absolute atomic E-state index is 11.5. The standard InChI is InChI=1S/C11H18N2O5/c12-7(6-1-2-6)5-9(14)13-8(11(17)18)3-4-10(15)16/h6-8H,1-5,12H2,(H,13,14)(H,15,16)(H,17,18)/t7?,8-/m0/s1. The minimum absolute atomic E-state index is 0.0848. The SMILES string of the molecule is NC(CC(=O)N[C@@H](CCC(=O)O)C(=O)O)C1CC1. The zero-order valence-corrected chi connectivity index (χ0v) is 9.96. The van der Waals surface area contributed by atoms with Crippen LogP contribution in [-0.4, -0.2) is 40.1 Å². The fourth-order valence-electron chi connectivity index (χ4n) is 1.68. The maximum atomic E-state index is 11.5. The number of hydrogen-bond donors (Lipinski definition) is 4. The van der Waals surface area contributed by atoms with Crippen molar-refractivity contribution >= 4 is 17.8 Å². The first-order chi connectivity index (χ1) is 8.40. The molecule has 1 aliphatic rings. The number of nitrogens with two attached hydrogens (primary N) is 1. The number of hydrogen-bond acceptors (Lipinski definition) is 4. The lowest BCUT2D eigenvalue weighted by molar-refractivity contribution is -0.143. The third-order valence-electron chi connectivity index (χ3n) is 2.93. The number of amides is 1. The Morgan fingerprint density at radius 2 is 1.89 bits per heavy atom. The third kappa shape index (κ3) is 5.13. The van der Waals surface area contributed by atoms with Gasteiger partial charge in [-0.2, -0.15) is 0 Å². The van der Waals surface area contributed by atoms with E-state index in [0.29, 0.717) is 5.92 Å². The fourth-order valence-corrected chi connectivity index (χ4v) is 1.68. The highest BCUT2D eigenvalue weighted by molar-refractivity contribution is 5.84. The van der Waals surface area contributed by atoms with Crippen molar-refractivity contribution in [3.8, 4) is 0 Å². The molecule has 1 fully saturated rings. The molecule has 0 aliphatic heterocycles. The molecule has 18 heavy (non-hydrogen) atoms. The smallest absolute Gasteiger partial charge is 0.326 e. The van der Waals surface area contributed by atoms with E-state index in [0.717, 1.165) is 12.8 Å². The van der Waals surface area contributed by atoms with E-state index in [1.54, 1.807) is 0 Å². The van der Waals surface area contributed by atoms with Crippen LogP contribution in [0.4, 0.5) is 0 Å². The van der Waals surface area contributed by atoms with Gasteiger partial charge in [-0.1, -0.05) is 0 Å². The second-order valence-corrected chi connectivity index (χ2v) is 4.60. The van der Waals surface area contributed by atoms with Crippen molar-refractivity contribution in [2.75, 3.05) is 0 Å². The van der Waals surface area contributed by atoms with E-state index in [4.69, 9.17) is 15.9 Å². The largest absolute Gasteiger partial charge is 0.481 e. The van der Waals surface area contributed by atoms with Crippen molar-refractivity contribution in [2.45, 2.75) is 44.2 Å². The Morgan fingerprint density at radius 3 is 2.33 bits per heavy atom. The summed E-state index contributed by atoms with van der Waals surface area (Å²) in [6, 6.07) is -1.40. The summed E-state index contributed by atoms with van der Waals surface area (Å²) in [4.78, 5) is 32.7. The van der Waals surface area contributed by atoms with Crippen molar-refractivity contribution in [1.82, 2.24) is 5.32 Å². The van der Waals surface area contributed by atoms with Gasteiger partial charge in [-0.05, 0) is 25.2 Å². The highest BCUT2D eigenvalue weighted by atomic mass is 16.4. The minimum atomic E-state index is -1.23. The first kappa shape index (κ1) is 14.4. The zero-order chi connectivity index (χ0) is 13.7. The van der Waals surface area contributed by atoms with Crippen molar-refractivity contribution in [3.63, 3.8) is 0 Å². The lowest BCUT2D eigenvalue weighted by Gasteiger charge is -2.15. The number of aliphatic carboxylic acids is 2. The molecule has 1 amide bonds. The van der Waals surface area contributed by atoms with E-state index in [2.05, 4.69) is 5.32 Å². The van der Waals surface area contributed by atoms with E-state index in [1.165, 1.54) is 0 Å². The van der Waals surface area contributed by atoms with Crippen LogP contribution in [0, 0.1) is 5.92 Å². The van der Waals surface area contributed by atoms with Crippen LogP contribution in [-0.2, 0) is 14.4 Å². The summed E-state index contributed by atoms with van der Waals surface area (Å²) in [6.07, 6.45) is 1.67. The van der Waals surface area contributed by atoms with E-state index >= 15 is 0 Å². The van der Waals surface area contributed by atoms with Crippen LogP contribution in [0.15, 0.2) is 0 Å². The van der Waals surface area contributed by atoms with E-state index in [-0.39, 0.29) is 25.3 Å². The topological polar surface area (TPSA) is 130 Å². The average molecular weight is 258 g/mol. The van der Waals surface area contributed by atoms with Crippen LogP contribution < -0.4 is 11.1 Å². The highest BCUT2D eigenvalue weighted by Gasteiger charge is 2.30. The van der Waals surface area contributed by atoms with Crippen molar-refractivity contribution in [1.29, 1.82) is 0 Å². The van der Waals surface area contributed by atoms with Gasteiger partial charge in [0.25, 0.3) is 0 Å². The summed E-state index contributed by atoms with van der Waals surface area (Å²) in [6.45, 7) is 0. The van der Waals surface area contributed by atoms with E-state index in [9.17, 15) is 14.4 Å². The molecule has 102 valence electrons. The molecule has 0 heterocycles. The van der Waals surface area contributed by atoms with Gasteiger partial charge in [-0.3, -0.25) is 9.59 Å². The Morgan fingerprint density at radius 1 is 1.28 bits per heavy atom. The van der Waals surface area contributed by atoms with Crippen LogP contribution in [0.3, 0.4) is 0 Å². The molecule has 0 aromatic carbocycles. The molecule has 0 bridgehead atoms. The second kappa shape index (κ2) is 6.34. The zero-order valence-electron chi connectivity index (χ0n) is 9.96. The number of carbonyl (C=O) groups excluding carboxylic acids is 1. The Kier molecular flexibility index (Phi) is 5.08. The molecule has 0 saturated heterocycles. The molecule has 2 atom stereocenters. The van der Waals surface area contributed by atoms with Crippen LogP contribution in [0.2, 0.25) is 0 Å². The summed E-state index contributed by atoms with van der Waals surface area (Å²) in [5, 5.41) is 19.6. The molecule has 1 unspecified atom stereocenters. The summed E-state index contributed by atoms with van der Waals surface area (Å²) < 4.78 is 0. The van der Waals surface area contributed by atoms with Crippen LogP contribution in [0.25, 0.3) is 0 Å². The number of carboxylic acids is 2. The van der Waals surface area contributed by atoms with Gasteiger partial charge in [0.1, 0.15) is 6.04 Å². The first-order valence-electron chi connectivity index (χ1n) is 5.89. The van der Waals surface area contributed by atoms with Gasteiger partial charge < -0.3 is 21.3 Å². The van der Waals surface area contributed by atoms with Crippen molar-refractivity contribution in [3.05, 3.63) is 0 Å². The molecule has 0 aromatic heterocycles. The van der Waals surface area contributed by atoms with Gasteiger partial charge >= 0.3 is 11.9 Å². The van der Waals surface area contributed by atoms with Gasteiger partial charge in [0.05, 0.1) is 0 Å². The van der Waals surface area contributed by atoms with Gasteiger partial charge in [0, 0.05) is 18.9 Å². The minimum Gasteiger partial charge on any atom is -0.481 e. The summed E-state index contributed by atoms with van der Waals surface area (Å²) >= 11 is 0. The Labute approximate surface area is 104 Å². The first-order valence-corrected chi connectivity index (χ1v) is 5.89. The lowest BCUT2D eigenvalue weighted by atomic mass is 10.1. The lowest BCUT2D eigenvalue weighted by Crippen LogP contribution is -2.43. The molecule has 0 aromatic rings. The maximum Gasteiger partial charge on any atom is 0.326 e. The quantitative estimate of drug-likeness (QED) is 0.466. The van der Waals surface area contributed by atoms with Crippen LogP contribution >= 0.6 is 0 Å². The second-order valence-electron chi connectivity index (χ2n) is 4.60. The average Bonchev–Trinajstić information content (AvgIpc) is 3.06. The van der Waals surface area contributed by atoms with E-state index in [1.807, 2.05) is 0 Å². The molecule has 7 nitrogen and oxygen atoms in total. The fraction of sp³-hybridized carbons (Fsp3) is 0.727. The molecule has 5 N–H and O–H groups in total. The molecule has 1 aliphatic carbocycles. The number of carbonyl (C=O) groups is 3. The van der Waals surface area contributed by atoms with Gasteiger partial charge in [0.2, 0.25) is 5.91 Å². The highest BCUT2D eigenvalue weighted by Crippen LogP contribution is 2.32. The monoisotopic (exact) mass is 258 g/mol. The normalized spacial score (nSPS) is 17.8. The Bertz CT molecular complexity index is 340. The number of nitrogens with one attached hydrogen (secondary N) is 1. The molecule has 0 radical (unpaired) electrons. The van der Waals surface area contributed by atoms with E-state index < -0.39 is 23.9 Å². The molecule has 1 rings (SSSR count). The van der Waals surface area contributed by atoms with Gasteiger partial charge in [-0.15, -0.1) is 0 Å². The third-order valence-corrected chi connectivity index (χ3v) is 2.93. The summed E-state index contributed by atoms with van der Waals surface area (Å²) in [5.74, 6) is -2.40. The van der Waals surface area contributed by atoms with Gasteiger partial charge in [0.15, 0.2) is 0 Å². The predicted octanol–water partition coefficient (Wildman–Crippen LogP) is -0.452.